The second kappa shape index (κ2) is 6.64. The Morgan fingerprint density at radius 2 is 2.17 bits per heavy atom. The van der Waals surface area contributed by atoms with Crippen molar-refractivity contribution < 1.29 is 14.3 Å². The summed E-state index contributed by atoms with van der Waals surface area (Å²) in [5, 5.41) is 7.38. The Morgan fingerprint density at radius 3 is 3.00 bits per heavy atom. The molecule has 120 valence electrons. The number of aromatic nitrogens is 1. The average Bonchev–Trinajstić information content (AvgIpc) is 2.79. The predicted octanol–water partition coefficient (Wildman–Crippen LogP) is 2.24. The molecule has 2 heterocycles. The lowest BCUT2D eigenvalue weighted by Crippen LogP contribution is -2.42. The molecule has 2 N–H and O–H groups in total. The van der Waals surface area contributed by atoms with E-state index in [1.165, 1.54) is 0 Å². The number of carbonyl (C=O) groups is 2. The van der Waals surface area contributed by atoms with Crippen molar-refractivity contribution in [2.45, 2.75) is 31.7 Å². The zero-order chi connectivity index (χ0) is 16.2. The molecule has 1 aliphatic rings. The largest absolute Gasteiger partial charge is 0.481 e. The number of nitrogens with one attached hydrogen (secondary N) is 2. The maximum absolute atomic E-state index is 12.5. The van der Waals surface area contributed by atoms with E-state index in [0.717, 1.165) is 23.6 Å². The number of hydrogen-bond donors (Lipinski definition) is 2. The van der Waals surface area contributed by atoms with Gasteiger partial charge >= 0.3 is 0 Å². The van der Waals surface area contributed by atoms with Crippen molar-refractivity contribution in [3.8, 4) is 5.88 Å². The van der Waals surface area contributed by atoms with Crippen LogP contribution in [0.1, 0.15) is 25.7 Å². The van der Waals surface area contributed by atoms with Crippen molar-refractivity contribution in [1.82, 2.24) is 10.3 Å². The molecule has 0 radical (unpaired) electrons. The molecule has 0 unspecified atom stereocenters. The zero-order valence-electron chi connectivity index (χ0n) is 13.0. The highest BCUT2D eigenvalue weighted by Crippen LogP contribution is 2.29. The van der Waals surface area contributed by atoms with Gasteiger partial charge in [0.1, 0.15) is 6.04 Å². The number of benzene rings is 1. The molecule has 2 amide bonds. The molecular weight excluding hydrogens is 294 g/mol. The summed E-state index contributed by atoms with van der Waals surface area (Å²) < 4.78 is 5.25. The van der Waals surface area contributed by atoms with E-state index in [0.29, 0.717) is 24.4 Å². The molecule has 1 aliphatic heterocycles. The van der Waals surface area contributed by atoms with Crippen molar-refractivity contribution in [1.29, 1.82) is 0 Å². The van der Waals surface area contributed by atoms with Crippen LogP contribution in [0.3, 0.4) is 0 Å². The summed E-state index contributed by atoms with van der Waals surface area (Å²) in [4.78, 5) is 28.3. The first-order chi connectivity index (χ1) is 11.2. The predicted molar refractivity (Wildman–Crippen MR) is 87.3 cm³/mol. The fraction of sp³-hybridized carbons (Fsp3) is 0.353. The molecule has 1 atom stereocenters. The Hall–Kier alpha value is -2.63. The van der Waals surface area contributed by atoms with E-state index >= 15 is 0 Å². The van der Waals surface area contributed by atoms with Gasteiger partial charge < -0.3 is 15.4 Å². The van der Waals surface area contributed by atoms with Crippen LogP contribution in [0.4, 0.5) is 5.69 Å². The third kappa shape index (κ3) is 3.26. The fourth-order valence-electron chi connectivity index (χ4n) is 2.84. The van der Waals surface area contributed by atoms with Gasteiger partial charge in [0, 0.05) is 29.1 Å². The minimum Gasteiger partial charge on any atom is -0.481 e. The maximum atomic E-state index is 12.5. The van der Waals surface area contributed by atoms with Crippen molar-refractivity contribution >= 4 is 28.3 Å². The topological polar surface area (TPSA) is 80.3 Å². The number of amides is 2. The van der Waals surface area contributed by atoms with Crippen LogP contribution in [0.15, 0.2) is 30.5 Å². The van der Waals surface area contributed by atoms with E-state index in [4.69, 9.17) is 4.74 Å². The van der Waals surface area contributed by atoms with Crippen molar-refractivity contribution in [3.63, 3.8) is 0 Å². The van der Waals surface area contributed by atoms with Gasteiger partial charge in [0.2, 0.25) is 17.7 Å². The van der Waals surface area contributed by atoms with Crippen molar-refractivity contribution in [2.75, 3.05) is 12.4 Å². The molecule has 3 rings (SSSR count). The first-order valence-corrected chi connectivity index (χ1v) is 7.71. The van der Waals surface area contributed by atoms with Crippen LogP contribution in [-0.2, 0) is 9.59 Å². The molecule has 0 bridgehead atoms. The lowest BCUT2D eigenvalue weighted by molar-refractivity contribution is -0.125. The summed E-state index contributed by atoms with van der Waals surface area (Å²) in [5.41, 5.74) is 0.687. The highest BCUT2D eigenvalue weighted by Gasteiger charge is 2.23. The van der Waals surface area contributed by atoms with E-state index in [1.807, 2.05) is 24.3 Å². The molecule has 6 nitrogen and oxygen atoms in total. The lowest BCUT2D eigenvalue weighted by Gasteiger charge is -2.17. The summed E-state index contributed by atoms with van der Waals surface area (Å²) in [6, 6.07) is 6.92. The summed E-state index contributed by atoms with van der Waals surface area (Å²) in [7, 11) is 1.56. The van der Waals surface area contributed by atoms with Gasteiger partial charge in [-0.3, -0.25) is 9.59 Å². The van der Waals surface area contributed by atoms with Gasteiger partial charge in [0.05, 0.1) is 7.11 Å². The van der Waals surface area contributed by atoms with Crippen LogP contribution in [0.2, 0.25) is 0 Å². The van der Waals surface area contributed by atoms with Crippen LogP contribution in [-0.4, -0.2) is 29.9 Å². The molecule has 1 fully saturated rings. The molecule has 1 saturated heterocycles. The second-order valence-electron chi connectivity index (χ2n) is 5.58. The Labute approximate surface area is 134 Å². The van der Waals surface area contributed by atoms with E-state index in [-0.39, 0.29) is 11.8 Å². The summed E-state index contributed by atoms with van der Waals surface area (Å²) >= 11 is 0. The Balaban J connectivity index is 1.86. The normalized spacial score (nSPS) is 18.1. The lowest BCUT2D eigenvalue weighted by atomic mass is 10.1. The average molecular weight is 313 g/mol. The number of nitrogens with zero attached hydrogens (tertiary/aromatic N) is 1. The highest BCUT2D eigenvalue weighted by atomic mass is 16.5. The fourth-order valence-corrected chi connectivity index (χ4v) is 2.84. The number of hydrogen-bond acceptors (Lipinski definition) is 4. The van der Waals surface area contributed by atoms with Gasteiger partial charge in [0.15, 0.2) is 0 Å². The van der Waals surface area contributed by atoms with Crippen LogP contribution < -0.4 is 15.4 Å². The molecule has 0 saturated carbocycles. The molecule has 1 aromatic heterocycles. The number of methoxy groups -OCH3 is 1. The summed E-state index contributed by atoms with van der Waals surface area (Å²) in [6.45, 7) is 0. The van der Waals surface area contributed by atoms with E-state index in [9.17, 15) is 9.59 Å². The molecule has 6 heteroatoms. The van der Waals surface area contributed by atoms with Crippen molar-refractivity contribution in [3.05, 3.63) is 30.5 Å². The number of carbonyl (C=O) groups excluding carboxylic acids is 2. The van der Waals surface area contributed by atoms with Crippen LogP contribution in [0, 0.1) is 0 Å². The SMILES string of the molecule is COc1nccc2c(NC(=O)[C@@H]3CCCCC(=O)N3)cccc12. The second-order valence-corrected chi connectivity index (χ2v) is 5.58. The van der Waals surface area contributed by atoms with Gasteiger partial charge in [-0.2, -0.15) is 0 Å². The number of rotatable bonds is 3. The maximum Gasteiger partial charge on any atom is 0.246 e. The number of pyridine rings is 1. The van der Waals surface area contributed by atoms with Gasteiger partial charge in [-0.1, -0.05) is 12.5 Å². The molecule has 0 aliphatic carbocycles. The first-order valence-electron chi connectivity index (χ1n) is 7.71. The van der Waals surface area contributed by atoms with E-state index < -0.39 is 6.04 Å². The van der Waals surface area contributed by atoms with Crippen LogP contribution in [0.25, 0.3) is 10.8 Å². The van der Waals surface area contributed by atoms with Crippen LogP contribution >= 0.6 is 0 Å². The summed E-state index contributed by atoms with van der Waals surface area (Å²) in [6.07, 6.45) is 4.48. The summed E-state index contributed by atoms with van der Waals surface area (Å²) in [5.74, 6) is 0.260. The Kier molecular flexibility index (Phi) is 4.41. The van der Waals surface area contributed by atoms with Crippen molar-refractivity contribution in [2.24, 2.45) is 0 Å². The molecule has 2 aromatic rings. The third-order valence-corrected chi connectivity index (χ3v) is 4.02. The van der Waals surface area contributed by atoms with Gasteiger partial charge in [-0.25, -0.2) is 4.98 Å². The van der Waals surface area contributed by atoms with E-state index in [1.54, 1.807) is 13.3 Å². The Bertz CT molecular complexity index is 745. The number of fused-ring (bicyclic) bond motifs is 1. The van der Waals surface area contributed by atoms with Crippen LogP contribution in [0.5, 0.6) is 5.88 Å². The molecule has 23 heavy (non-hydrogen) atoms. The Morgan fingerprint density at radius 1 is 1.30 bits per heavy atom. The standard InChI is InChI=1S/C17H19N3O3/c1-23-17-12-5-4-7-13(11(12)9-10-18-17)20-16(22)14-6-2-3-8-15(21)19-14/h4-5,7,9-10,14H,2-3,6,8H2,1H3,(H,19,21)(H,20,22)/t14-/m0/s1. The molecule has 0 spiro atoms. The van der Waals surface area contributed by atoms with Gasteiger partial charge in [0.25, 0.3) is 0 Å². The van der Waals surface area contributed by atoms with Gasteiger partial charge in [-0.15, -0.1) is 0 Å². The highest BCUT2D eigenvalue weighted by molar-refractivity contribution is 6.05. The molecule has 1 aromatic carbocycles. The quantitative estimate of drug-likeness (QED) is 0.910. The third-order valence-electron chi connectivity index (χ3n) is 4.02. The smallest absolute Gasteiger partial charge is 0.246 e. The number of anilines is 1. The van der Waals surface area contributed by atoms with E-state index in [2.05, 4.69) is 15.6 Å². The minimum absolute atomic E-state index is 0.0635. The molecular formula is C17H19N3O3. The monoisotopic (exact) mass is 313 g/mol. The van der Waals surface area contributed by atoms with Gasteiger partial charge in [-0.05, 0) is 31.0 Å². The minimum atomic E-state index is -0.482. The zero-order valence-corrected chi connectivity index (χ0v) is 13.0. The number of ether oxygens (including phenoxy) is 1. The first kappa shape index (κ1) is 15.3.